The van der Waals surface area contributed by atoms with Crippen LogP contribution in [0.4, 0.5) is 5.69 Å². The number of hydrogen-bond acceptors (Lipinski definition) is 4. The largest absolute Gasteiger partial charge is 0.322 e. The van der Waals surface area contributed by atoms with Gasteiger partial charge in [0.2, 0.25) is 10.0 Å². The Bertz CT molecular complexity index is 1320. The molecule has 3 aromatic rings. The van der Waals surface area contributed by atoms with Gasteiger partial charge in [0.15, 0.2) is 0 Å². The Morgan fingerprint density at radius 1 is 0.970 bits per heavy atom. The van der Waals surface area contributed by atoms with Gasteiger partial charge in [-0.05, 0) is 73.7 Å². The normalized spacial score (nSPS) is 14.2. The number of aromatic nitrogens is 1. The van der Waals surface area contributed by atoms with Gasteiger partial charge in [0, 0.05) is 36.1 Å². The topological polar surface area (TPSA) is 79.4 Å². The van der Waals surface area contributed by atoms with Crippen molar-refractivity contribution in [1.29, 1.82) is 0 Å². The fraction of sp³-hybridized carbons (Fsp3) is 0.231. The van der Waals surface area contributed by atoms with E-state index in [0.29, 0.717) is 35.6 Å². The first-order valence-corrected chi connectivity index (χ1v) is 12.3. The maximum absolute atomic E-state index is 13.0. The molecule has 1 aromatic heterocycles. The van der Waals surface area contributed by atoms with Gasteiger partial charge in [-0.15, -0.1) is 0 Å². The highest BCUT2D eigenvalue weighted by Gasteiger charge is 2.27. The molecule has 1 fully saturated rings. The lowest BCUT2D eigenvalue weighted by molar-refractivity contribution is 0.102. The lowest BCUT2D eigenvalue weighted by atomic mass is 10.1. The van der Waals surface area contributed by atoms with Gasteiger partial charge in [-0.2, -0.15) is 4.31 Å². The highest BCUT2D eigenvalue weighted by Crippen LogP contribution is 2.23. The summed E-state index contributed by atoms with van der Waals surface area (Å²) in [6, 6.07) is 17.5. The zero-order valence-corrected chi connectivity index (χ0v) is 19.2. The number of aryl methyl sites for hydroxylation is 1. The van der Waals surface area contributed by atoms with Crippen molar-refractivity contribution in [1.82, 2.24) is 9.29 Å². The number of hydrogen-bond donors (Lipinski definition) is 1. The van der Waals surface area contributed by atoms with Crippen molar-refractivity contribution in [2.24, 2.45) is 0 Å². The molecule has 33 heavy (non-hydrogen) atoms. The average molecular weight is 460 g/mol. The third-order valence-corrected chi connectivity index (χ3v) is 7.42. The van der Waals surface area contributed by atoms with Crippen LogP contribution in [0.2, 0.25) is 0 Å². The van der Waals surface area contributed by atoms with Gasteiger partial charge in [-0.1, -0.05) is 30.5 Å². The number of anilines is 1. The van der Waals surface area contributed by atoms with Gasteiger partial charge in [0.25, 0.3) is 5.91 Å². The molecule has 1 saturated heterocycles. The fourth-order valence-corrected chi connectivity index (χ4v) is 5.25. The summed E-state index contributed by atoms with van der Waals surface area (Å²) in [5.41, 5.74) is 3.01. The van der Waals surface area contributed by atoms with Crippen LogP contribution in [0.25, 0.3) is 0 Å². The van der Waals surface area contributed by atoms with Gasteiger partial charge in [-0.25, -0.2) is 13.4 Å². The predicted octanol–water partition coefficient (Wildman–Crippen LogP) is 4.22. The van der Waals surface area contributed by atoms with E-state index in [0.717, 1.165) is 24.8 Å². The molecular formula is C26H25N3O3S. The number of nitrogens with zero attached hydrogens (tertiary/aromatic N) is 2. The average Bonchev–Trinajstić information content (AvgIpc) is 2.84. The second-order valence-electron chi connectivity index (χ2n) is 7.94. The molecule has 1 N–H and O–H groups in total. The Hall–Kier alpha value is -3.47. The molecule has 168 valence electrons. The van der Waals surface area contributed by atoms with Gasteiger partial charge in [-0.3, -0.25) is 4.79 Å². The smallest absolute Gasteiger partial charge is 0.255 e. The van der Waals surface area contributed by atoms with Crippen LogP contribution < -0.4 is 5.32 Å². The number of rotatable bonds is 4. The second kappa shape index (κ2) is 9.99. The third-order valence-electron chi connectivity index (χ3n) is 5.53. The zero-order valence-electron chi connectivity index (χ0n) is 18.4. The minimum Gasteiger partial charge on any atom is -0.322 e. The molecule has 7 heteroatoms. The van der Waals surface area contributed by atoms with E-state index in [1.807, 2.05) is 30.3 Å². The minimum atomic E-state index is -3.62. The highest BCUT2D eigenvalue weighted by atomic mass is 32.2. The van der Waals surface area contributed by atoms with Crippen LogP contribution in [-0.4, -0.2) is 36.7 Å². The first-order chi connectivity index (χ1) is 15.9. The monoisotopic (exact) mass is 459 g/mol. The number of carbonyl (C=O) groups is 1. The van der Waals surface area contributed by atoms with Crippen molar-refractivity contribution in [3.05, 3.63) is 89.2 Å². The molecule has 1 aliphatic rings. The molecule has 0 saturated carbocycles. The lowest BCUT2D eigenvalue weighted by Crippen LogP contribution is -2.35. The van der Waals surface area contributed by atoms with Gasteiger partial charge in [0.1, 0.15) is 5.69 Å². The highest BCUT2D eigenvalue weighted by molar-refractivity contribution is 7.89. The van der Waals surface area contributed by atoms with E-state index < -0.39 is 10.0 Å². The maximum atomic E-state index is 13.0. The number of carbonyl (C=O) groups excluding carboxylic acids is 1. The number of piperidine rings is 1. The summed E-state index contributed by atoms with van der Waals surface area (Å²) in [6.07, 6.45) is 4.44. The Morgan fingerprint density at radius 3 is 2.55 bits per heavy atom. The molecule has 0 unspecified atom stereocenters. The Labute approximate surface area is 194 Å². The van der Waals surface area contributed by atoms with Crippen LogP contribution in [0.15, 0.2) is 71.8 Å². The summed E-state index contributed by atoms with van der Waals surface area (Å²) in [5.74, 6) is 5.67. The molecular weight excluding hydrogens is 434 g/mol. The summed E-state index contributed by atoms with van der Waals surface area (Å²) in [7, 11) is -3.62. The van der Waals surface area contributed by atoms with Gasteiger partial charge >= 0.3 is 0 Å². The van der Waals surface area contributed by atoms with E-state index in [9.17, 15) is 13.2 Å². The molecule has 0 radical (unpaired) electrons. The SMILES string of the molecule is Cc1ccc(S(=O)(=O)N2CCCCC2)cc1C(=O)Nc1cccc(C#Cc2ccccn2)c1. The van der Waals surface area contributed by atoms with Crippen molar-refractivity contribution in [2.75, 3.05) is 18.4 Å². The molecule has 1 aliphatic heterocycles. The maximum Gasteiger partial charge on any atom is 0.255 e. The van der Waals surface area contributed by atoms with E-state index in [1.165, 1.54) is 10.4 Å². The standard InChI is InChI=1S/C26H25N3O3S/c1-20-11-14-24(33(31,32)29-16-5-2-6-17-29)19-25(20)26(30)28-23-10-7-8-21(18-23)12-13-22-9-3-4-15-27-22/h3-4,7-11,14-15,18-19H,2,5-6,16-17H2,1H3,(H,28,30). The summed E-state index contributed by atoms with van der Waals surface area (Å²) in [5, 5.41) is 2.87. The van der Waals surface area contributed by atoms with E-state index in [2.05, 4.69) is 22.1 Å². The lowest BCUT2D eigenvalue weighted by Gasteiger charge is -2.26. The Morgan fingerprint density at radius 2 is 1.79 bits per heavy atom. The van der Waals surface area contributed by atoms with Crippen LogP contribution in [0.5, 0.6) is 0 Å². The number of sulfonamides is 1. The fourth-order valence-electron chi connectivity index (χ4n) is 3.71. The first kappa shape index (κ1) is 22.7. The number of pyridine rings is 1. The van der Waals surface area contributed by atoms with Crippen LogP contribution >= 0.6 is 0 Å². The van der Waals surface area contributed by atoms with Crippen LogP contribution in [0.1, 0.15) is 46.4 Å². The molecule has 6 nitrogen and oxygen atoms in total. The van der Waals surface area contributed by atoms with Crippen LogP contribution in [0, 0.1) is 18.8 Å². The van der Waals surface area contributed by atoms with Crippen molar-refractivity contribution in [3.8, 4) is 11.8 Å². The van der Waals surface area contributed by atoms with Crippen LogP contribution in [-0.2, 0) is 10.0 Å². The number of benzene rings is 2. The second-order valence-corrected chi connectivity index (χ2v) is 9.88. The van der Waals surface area contributed by atoms with E-state index in [-0.39, 0.29) is 10.8 Å². The predicted molar refractivity (Wildman–Crippen MR) is 128 cm³/mol. The minimum absolute atomic E-state index is 0.148. The Kier molecular flexibility index (Phi) is 6.87. The molecule has 1 amide bonds. The van der Waals surface area contributed by atoms with E-state index in [1.54, 1.807) is 37.4 Å². The molecule has 0 aliphatic carbocycles. The molecule has 2 aromatic carbocycles. The number of amides is 1. The molecule has 4 rings (SSSR count). The van der Waals surface area contributed by atoms with Crippen LogP contribution in [0.3, 0.4) is 0 Å². The first-order valence-electron chi connectivity index (χ1n) is 10.9. The quantitative estimate of drug-likeness (QED) is 0.593. The van der Waals surface area contributed by atoms with Gasteiger partial charge < -0.3 is 5.32 Å². The zero-order chi connectivity index (χ0) is 23.3. The van der Waals surface area contributed by atoms with E-state index in [4.69, 9.17) is 0 Å². The molecule has 0 spiro atoms. The molecule has 0 bridgehead atoms. The van der Waals surface area contributed by atoms with E-state index >= 15 is 0 Å². The third kappa shape index (κ3) is 5.48. The van der Waals surface area contributed by atoms with Crippen molar-refractivity contribution in [3.63, 3.8) is 0 Å². The van der Waals surface area contributed by atoms with Crippen molar-refractivity contribution >= 4 is 21.6 Å². The Balaban J connectivity index is 1.54. The summed E-state index contributed by atoms with van der Waals surface area (Å²) < 4.78 is 27.6. The van der Waals surface area contributed by atoms with Gasteiger partial charge in [0.05, 0.1) is 4.90 Å². The molecule has 0 atom stereocenters. The summed E-state index contributed by atoms with van der Waals surface area (Å²) in [6.45, 7) is 2.83. The molecule has 2 heterocycles. The summed E-state index contributed by atoms with van der Waals surface area (Å²) >= 11 is 0. The summed E-state index contributed by atoms with van der Waals surface area (Å²) in [4.78, 5) is 17.3. The van der Waals surface area contributed by atoms with Crippen molar-refractivity contribution in [2.45, 2.75) is 31.1 Å². The number of nitrogens with one attached hydrogen (secondary N) is 1. The van der Waals surface area contributed by atoms with Crippen molar-refractivity contribution < 1.29 is 13.2 Å².